The van der Waals surface area contributed by atoms with E-state index in [1.54, 1.807) is 0 Å². The van der Waals surface area contributed by atoms with Crippen LogP contribution in [0.1, 0.15) is 39.5 Å². The molecule has 0 amide bonds. The van der Waals surface area contributed by atoms with Crippen molar-refractivity contribution < 1.29 is 0 Å². The van der Waals surface area contributed by atoms with Crippen LogP contribution < -0.4 is 11.1 Å². The first-order valence-electron chi connectivity index (χ1n) is 5.24. The van der Waals surface area contributed by atoms with Gasteiger partial charge in [0.15, 0.2) is 0 Å². The summed E-state index contributed by atoms with van der Waals surface area (Å²) in [6.45, 7) is 5.34. The molecule has 0 heterocycles. The van der Waals surface area contributed by atoms with Crippen molar-refractivity contribution in [1.29, 1.82) is 0 Å². The molecule has 0 spiro atoms. The van der Waals surface area contributed by atoms with Crippen LogP contribution in [-0.2, 0) is 0 Å². The van der Waals surface area contributed by atoms with Crippen LogP contribution in [0, 0.1) is 5.92 Å². The molecule has 0 aliphatic heterocycles. The number of hydrogen-bond acceptors (Lipinski definition) is 2. The van der Waals surface area contributed by atoms with E-state index < -0.39 is 0 Å². The highest BCUT2D eigenvalue weighted by atomic mass is 15.0. The highest BCUT2D eigenvalue weighted by molar-refractivity contribution is 4.84. The molecule has 1 saturated carbocycles. The molecule has 0 aromatic rings. The first kappa shape index (κ1) is 10.0. The molecular weight excluding hydrogens is 148 g/mol. The van der Waals surface area contributed by atoms with Crippen LogP contribution in [0.25, 0.3) is 0 Å². The Morgan fingerprint density at radius 2 is 2.25 bits per heavy atom. The van der Waals surface area contributed by atoms with Gasteiger partial charge >= 0.3 is 0 Å². The molecule has 1 rings (SSSR count). The largest absolute Gasteiger partial charge is 0.330 e. The molecule has 0 aromatic heterocycles. The van der Waals surface area contributed by atoms with E-state index in [1.807, 2.05) is 0 Å². The van der Waals surface area contributed by atoms with Gasteiger partial charge in [0.2, 0.25) is 0 Å². The average Bonchev–Trinajstić information content (AvgIpc) is 2.51. The molecule has 0 bridgehead atoms. The van der Waals surface area contributed by atoms with Gasteiger partial charge in [-0.1, -0.05) is 13.3 Å². The lowest BCUT2D eigenvalue weighted by atomic mass is 10.0. The van der Waals surface area contributed by atoms with Crippen molar-refractivity contribution >= 4 is 0 Å². The van der Waals surface area contributed by atoms with Crippen molar-refractivity contribution in [1.82, 2.24) is 5.32 Å². The summed E-state index contributed by atoms with van der Waals surface area (Å²) in [7, 11) is 0. The first-order chi connectivity index (χ1) is 5.77. The van der Waals surface area contributed by atoms with Crippen LogP contribution in [0.3, 0.4) is 0 Å². The Kier molecular flexibility index (Phi) is 4.02. The van der Waals surface area contributed by atoms with E-state index in [0.29, 0.717) is 12.1 Å². The Morgan fingerprint density at radius 3 is 2.83 bits per heavy atom. The number of nitrogens with one attached hydrogen (secondary N) is 1. The maximum Gasteiger partial charge on any atom is 0.0110 e. The summed E-state index contributed by atoms with van der Waals surface area (Å²) in [4.78, 5) is 0. The minimum Gasteiger partial charge on any atom is -0.330 e. The normalized spacial score (nSPS) is 32.2. The molecule has 3 N–H and O–H groups in total. The zero-order valence-corrected chi connectivity index (χ0v) is 8.34. The number of nitrogens with two attached hydrogens (primary N) is 1. The smallest absolute Gasteiger partial charge is 0.0110 e. The standard InChI is InChI=1S/C10H22N2/c1-3-8(2)12-10-6-4-5-9(10)7-11/h8-10,12H,3-7,11H2,1-2H3. The monoisotopic (exact) mass is 170 g/mol. The van der Waals surface area contributed by atoms with E-state index in [2.05, 4.69) is 19.2 Å². The zero-order chi connectivity index (χ0) is 8.97. The molecule has 0 aromatic carbocycles. The first-order valence-corrected chi connectivity index (χ1v) is 5.24. The van der Waals surface area contributed by atoms with E-state index in [4.69, 9.17) is 5.73 Å². The van der Waals surface area contributed by atoms with Crippen LogP contribution in [0.15, 0.2) is 0 Å². The number of rotatable bonds is 4. The van der Waals surface area contributed by atoms with Crippen LogP contribution in [-0.4, -0.2) is 18.6 Å². The molecule has 3 unspecified atom stereocenters. The van der Waals surface area contributed by atoms with Crippen LogP contribution in [0.4, 0.5) is 0 Å². The highest BCUT2D eigenvalue weighted by Gasteiger charge is 2.26. The Morgan fingerprint density at radius 1 is 1.50 bits per heavy atom. The summed E-state index contributed by atoms with van der Waals surface area (Å²) in [6.07, 6.45) is 5.22. The Balaban J connectivity index is 2.30. The van der Waals surface area contributed by atoms with E-state index in [1.165, 1.54) is 25.7 Å². The fraction of sp³-hybridized carbons (Fsp3) is 1.00. The third-order valence-corrected chi connectivity index (χ3v) is 3.07. The van der Waals surface area contributed by atoms with Crippen LogP contribution in [0.5, 0.6) is 0 Å². The van der Waals surface area contributed by atoms with Gasteiger partial charge in [-0.25, -0.2) is 0 Å². The van der Waals surface area contributed by atoms with Crippen molar-refractivity contribution in [3.63, 3.8) is 0 Å². The fourth-order valence-corrected chi connectivity index (χ4v) is 2.02. The maximum atomic E-state index is 5.70. The Labute approximate surface area is 75.9 Å². The van der Waals surface area contributed by atoms with Crippen molar-refractivity contribution in [2.24, 2.45) is 11.7 Å². The zero-order valence-electron chi connectivity index (χ0n) is 8.34. The lowest BCUT2D eigenvalue weighted by molar-refractivity contribution is 0.365. The second kappa shape index (κ2) is 4.83. The van der Waals surface area contributed by atoms with Crippen LogP contribution in [0.2, 0.25) is 0 Å². The van der Waals surface area contributed by atoms with Gasteiger partial charge < -0.3 is 11.1 Å². The SMILES string of the molecule is CCC(C)NC1CCCC1CN. The summed E-state index contributed by atoms with van der Waals surface area (Å²) in [5.74, 6) is 0.735. The van der Waals surface area contributed by atoms with E-state index in [0.717, 1.165) is 12.5 Å². The third-order valence-electron chi connectivity index (χ3n) is 3.07. The molecule has 72 valence electrons. The molecular formula is C10H22N2. The van der Waals surface area contributed by atoms with Crippen molar-refractivity contribution in [2.75, 3.05) is 6.54 Å². The number of hydrogen-bond donors (Lipinski definition) is 2. The predicted molar refractivity (Wildman–Crippen MR) is 53.1 cm³/mol. The highest BCUT2D eigenvalue weighted by Crippen LogP contribution is 2.24. The van der Waals surface area contributed by atoms with Gasteiger partial charge in [-0.05, 0) is 38.6 Å². The maximum absolute atomic E-state index is 5.70. The lowest BCUT2D eigenvalue weighted by Gasteiger charge is -2.23. The van der Waals surface area contributed by atoms with Gasteiger partial charge in [0.25, 0.3) is 0 Å². The summed E-state index contributed by atoms with van der Waals surface area (Å²) >= 11 is 0. The van der Waals surface area contributed by atoms with Gasteiger partial charge in [-0.2, -0.15) is 0 Å². The Bertz CT molecular complexity index is 125. The average molecular weight is 170 g/mol. The summed E-state index contributed by atoms with van der Waals surface area (Å²) in [5.41, 5.74) is 5.70. The summed E-state index contributed by atoms with van der Waals surface area (Å²) in [5, 5.41) is 3.65. The molecule has 3 atom stereocenters. The molecule has 12 heavy (non-hydrogen) atoms. The van der Waals surface area contributed by atoms with Gasteiger partial charge in [0.1, 0.15) is 0 Å². The Hall–Kier alpha value is -0.0800. The van der Waals surface area contributed by atoms with E-state index in [-0.39, 0.29) is 0 Å². The topological polar surface area (TPSA) is 38.0 Å². The molecule has 1 aliphatic rings. The van der Waals surface area contributed by atoms with Gasteiger partial charge in [-0.15, -0.1) is 0 Å². The predicted octanol–water partition coefficient (Wildman–Crippen LogP) is 1.50. The van der Waals surface area contributed by atoms with Crippen molar-refractivity contribution in [3.8, 4) is 0 Å². The van der Waals surface area contributed by atoms with Crippen LogP contribution >= 0.6 is 0 Å². The summed E-state index contributed by atoms with van der Waals surface area (Å²) < 4.78 is 0. The fourth-order valence-electron chi connectivity index (χ4n) is 2.02. The van der Waals surface area contributed by atoms with Crippen molar-refractivity contribution in [3.05, 3.63) is 0 Å². The molecule has 2 heteroatoms. The van der Waals surface area contributed by atoms with E-state index >= 15 is 0 Å². The second-order valence-corrected chi connectivity index (χ2v) is 4.01. The van der Waals surface area contributed by atoms with Crippen molar-refractivity contribution in [2.45, 2.75) is 51.6 Å². The second-order valence-electron chi connectivity index (χ2n) is 4.01. The molecule has 1 fully saturated rings. The third kappa shape index (κ3) is 2.46. The quantitative estimate of drug-likeness (QED) is 0.671. The van der Waals surface area contributed by atoms with Gasteiger partial charge in [0.05, 0.1) is 0 Å². The molecule has 0 saturated heterocycles. The van der Waals surface area contributed by atoms with Gasteiger partial charge in [-0.3, -0.25) is 0 Å². The molecule has 0 radical (unpaired) electrons. The molecule has 2 nitrogen and oxygen atoms in total. The van der Waals surface area contributed by atoms with Gasteiger partial charge in [0, 0.05) is 12.1 Å². The minimum absolute atomic E-state index is 0.655. The minimum atomic E-state index is 0.655. The summed E-state index contributed by atoms with van der Waals surface area (Å²) in [6, 6.07) is 1.35. The lowest BCUT2D eigenvalue weighted by Crippen LogP contribution is -2.40. The molecule has 1 aliphatic carbocycles. The van der Waals surface area contributed by atoms with E-state index in [9.17, 15) is 0 Å².